The fraction of sp³-hybridized carbons (Fsp3) is 0.944. The average Bonchev–Trinajstić information content (AvgIpc) is 2.51. The molecule has 3 heteroatoms. The monoisotopic (exact) mass is 296 g/mol. The highest BCUT2D eigenvalue weighted by molar-refractivity contribution is 5.06. The Labute approximate surface area is 132 Å². The quantitative estimate of drug-likeness (QED) is 0.468. The van der Waals surface area contributed by atoms with Crippen molar-refractivity contribution in [3.05, 3.63) is 0 Å². The first-order chi connectivity index (χ1) is 10.1. The highest BCUT2D eigenvalue weighted by atomic mass is 16.5. The van der Waals surface area contributed by atoms with Crippen LogP contribution in [0.15, 0.2) is 0 Å². The minimum Gasteiger partial charge on any atom is -0.379 e. The van der Waals surface area contributed by atoms with Gasteiger partial charge in [0.15, 0.2) is 0 Å². The molecule has 2 atom stereocenters. The summed E-state index contributed by atoms with van der Waals surface area (Å²) in [6, 6.07) is 2.47. The van der Waals surface area contributed by atoms with Crippen molar-refractivity contribution in [2.45, 2.75) is 97.1 Å². The predicted molar refractivity (Wildman–Crippen MR) is 90.3 cm³/mol. The molecular formula is C18H36N2O. The van der Waals surface area contributed by atoms with E-state index in [4.69, 9.17) is 4.74 Å². The van der Waals surface area contributed by atoms with Crippen molar-refractivity contribution < 1.29 is 4.74 Å². The first-order valence-electron chi connectivity index (χ1n) is 8.92. The summed E-state index contributed by atoms with van der Waals surface area (Å²) in [5.41, 5.74) is -0.357. The van der Waals surface area contributed by atoms with E-state index in [0.717, 1.165) is 45.3 Å². The van der Waals surface area contributed by atoms with Gasteiger partial charge in [-0.05, 0) is 45.6 Å². The first-order valence-corrected chi connectivity index (χ1v) is 8.92. The van der Waals surface area contributed by atoms with Crippen LogP contribution in [-0.4, -0.2) is 24.8 Å². The van der Waals surface area contributed by atoms with E-state index in [-0.39, 0.29) is 5.54 Å². The maximum absolute atomic E-state index is 9.43. The van der Waals surface area contributed by atoms with E-state index in [9.17, 15) is 5.26 Å². The van der Waals surface area contributed by atoms with Gasteiger partial charge in [-0.15, -0.1) is 0 Å². The molecule has 0 fully saturated rings. The summed E-state index contributed by atoms with van der Waals surface area (Å²) in [4.78, 5) is 0. The van der Waals surface area contributed by atoms with Gasteiger partial charge in [0.25, 0.3) is 0 Å². The van der Waals surface area contributed by atoms with Gasteiger partial charge in [0.2, 0.25) is 0 Å². The van der Waals surface area contributed by atoms with Gasteiger partial charge in [0, 0.05) is 6.61 Å². The van der Waals surface area contributed by atoms with E-state index in [1.165, 1.54) is 25.7 Å². The van der Waals surface area contributed by atoms with Crippen LogP contribution in [0.3, 0.4) is 0 Å². The van der Waals surface area contributed by atoms with Gasteiger partial charge in [-0.2, -0.15) is 5.26 Å². The van der Waals surface area contributed by atoms with Crippen LogP contribution in [0.5, 0.6) is 0 Å². The van der Waals surface area contributed by atoms with Crippen molar-refractivity contribution in [2.24, 2.45) is 0 Å². The molecular weight excluding hydrogens is 260 g/mol. The topological polar surface area (TPSA) is 45.0 Å². The molecule has 2 unspecified atom stereocenters. The van der Waals surface area contributed by atoms with Gasteiger partial charge in [0.1, 0.15) is 5.54 Å². The molecule has 0 saturated carbocycles. The van der Waals surface area contributed by atoms with Crippen LogP contribution in [0.2, 0.25) is 0 Å². The Morgan fingerprint density at radius 3 is 2.43 bits per heavy atom. The van der Waals surface area contributed by atoms with E-state index in [1.54, 1.807) is 0 Å². The molecule has 0 aliphatic carbocycles. The minimum atomic E-state index is -0.357. The maximum Gasteiger partial charge on any atom is 0.106 e. The number of nitrogens with one attached hydrogen (secondary N) is 1. The largest absolute Gasteiger partial charge is 0.379 e. The minimum absolute atomic E-state index is 0.351. The second-order valence-corrected chi connectivity index (χ2v) is 6.11. The smallest absolute Gasteiger partial charge is 0.106 e. The SMILES string of the molecule is CCCCCCC(C)OCCCC(C#N)(CC)NCCC. The Balaban J connectivity index is 3.82. The van der Waals surface area contributed by atoms with Gasteiger partial charge >= 0.3 is 0 Å². The number of unbranched alkanes of at least 4 members (excludes halogenated alkanes) is 3. The molecule has 0 bridgehead atoms. The van der Waals surface area contributed by atoms with E-state index in [2.05, 4.69) is 39.1 Å². The zero-order chi connectivity index (χ0) is 16.0. The average molecular weight is 296 g/mol. The molecule has 0 saturated heterocycles. The lowest BCUT2D eigenvalue weighted by Gasteiger charge is -2.26. The fourth-order valence-corrected chi connectivity index (χ4v) is 2.53. The van der Waals surface area contributed by atoms with Crippen LogP contribution in [0.1, 0.15) is 85.5 Å². The van der Waals surface area contributed by atoms with Crippen molar-refractivity contribution in [3.63, 3.8) is 0 Å². The van der Waals surface area contributed by atoms with Crippen LogP contribution in [0, 0.1) is 11.3 Å². The van der Waals surface area contributed by atoms with Gasteiger partial charge in [-0.3, -0.25) is 5.32 Å². The van der Waals surface area contributed by atoms with E-state index < -0.39 is 0 Å². The molecule has 0 amide bonds. The second kappa shape index (κ2) is 13.1. The fourth-order valence-electron chi connectivity index (χ4n) is 2.53. The van der Waals surface area contributed by atoms with Crippen molar-refractivity contribution in [1.29, 1.82) is 5.26 Å². The molecule has 21 heavy (non-hydrogen) atoms. The number of hydrogen-bond donors (Lipinski definition) is 1. The summed E-state index contributed by atoms with van der Waals surface area (Å²) in [6.45, 7) is 10.3. The van der Waals surface area contributed by atoms with E-state index >= 15 is 0 Å². The molecule has 0 radical (unpaired) electrons. The first kappa shape index (κ1) is 20.4. The highest BCUT2D eigenvalue weighted by Gasteiger charge is 2.26. The summed E-state index contributed by atoms with van der Waals surface area (Å²) in [6.07, 6.45) is 10.5. The molecule has 0 spiro atoms. The Bertz CT molecular complexity index is 275. The zero-order valence-corrected chi connectivity index (χ0v) is 14.7. The summed E-state index contributed by atoms with van der Waals surface area (Å²) in [7, 11) is 0. The van der Waals surface area contributed by atoms with Crippen LogP contribution in [0.4, 0.5) is 0 Å². The van der Waals surface area contributed by atoms with E-state index in [0.29, 0.717) is 6.10 Å². The molecule has 1 N–H and O–H groups in total. The molecule has 0 heterocycles. The number of nitriles is 1. The third-order valence-electron chi connectivity index (χ3n) is 4.15. The molecule has 0 aromatic heterocycles. The van der Waals surface area contributed by atoms with Gasteiger partial charge < -0.3 is 4.74 Å². The van der Waals surface area contributed by atoms with Crippen molar-refractivity contribution >= 4 is 0 Å². The molecule has 0 rings (SSSR count). The summed E-state index contributed by atoms with van der Waals surface area (Å²) in [5.74, 6) is 0. The van der Waals surface area contributed by atoms with Crippen molar-refractivity contribution in [2.75, 3.05) is 13.2 Å². The normalized spacial score (nSPS) is 15.4. The lowest BCUT2D eigenvalue weighted by Crippen LogP contribution is -2.44. The number of nitrogens with zero attached hydrogens (tertiary/aromatic N) is 1. The number of hydrogen-bond acceptors (Lipinski definition) is 3. The molecule has 0 aromatic carbocycles. The van der Waals surface area contributed by atoms with Crippen LogP contribution >= 0.6 is 0 Å². The molecule has 3 nitrogen and oxygen atoms in total. The Morgan fingerprint density at radius 2 is 1.86 bits per heavy atom. The molecule has 0 aliphatic rings. The lowest BCUT2D eigenvalue weighted by atomic mass is 9.92. The van der Waals surface area contributed by atoms with Gasteiger partial charge in [0.05, 0.1) is 12.2 Å². The number of ether oxygens (including phenoxy) is 1. The van der Waals surface area contributed by atoms with Crippen molar-refractivity contribution in [1.82, 2.24) is 5.32 Å². The van der Waals surface area contributed by atoms with Crippen LogP contribution < -0.4 is 5.32 Å². The molecule has 0 aromatic rings. The predicted octanol–water partition coefficient (Wildman–Crippen LogP) is 4.81. The van der Waals surface area contributed by atoms with Gasteiger partial charge in [-0.1, -0.05) is 46.5 Å². The maximum atomic E-state index is 9.43. The van der Waals surface area contributed by atoms with Crippen LogP contribution in [-0.2, 0) is 4.74 Å². The Morgan fingerprint density at radius 1 is 1.10 bits per heavy atom. The second-order valence-electron chi connectivity index (χ2n) is 6.11. The Hall–Kier alpha value is -0.590. The summed E-state index contributed by atoms with van der Waals surface area (Å²) in [5, 5.41) is 12.8. The summed E-state index contributed by atoms with van der Waals surface area (Å²) < 4.78 is 5.87. The third-order valence-corrected chi connectivity index (χ3v) is 4.15. The lowest BCUT2D eigenvalue weighted by molar-refractivity contribution is 0.0532. The van der Waals surface area contributed by atoms with Crippen molar-refractivity contribution in [3.8, 4) is 6.07 Å². The summed E-state index contributed by atoms with van der Waals surface area (Å²) >= 11 is 0. The Kier molecular flexibility index (Phi) is 12.7. The number of rotatable bonds is 14. The zero-order valence-electron chi connectivity index (χ0n) is 14.7. The molecule has 124 valence electrons. The van der Waals surface area contributed by atoms with E-state index in [1.807, 2.05) is 0 Å². The highest BCUT2D eigenvalue weighted by Crippen LogP contribution is 2.17. The molecule has 0 aliphatic heterocycles. The van der Waals surface area contributed by atoms with Crippen LogP contribution in [0.25, 0.3) is 0 Å². The van der Waals surface area contributed by atoms with Gasteiger partial charge in [-0.25, -0.2) is 0 Å². The standard InChI is InChI=1S/C18H36N2O/c1-5-8-9-10-12-17(4)21-15-11-13-18(7-3,16-19)20-14-6-2/h17,20H,5-15H2,1-4H3. The third kappa shape index (κ3) is 9.87.